The summed E-state index contributed by atoms with van der Waals surface area (Å²) in [6.45, 7) is 3.42. The molecular formula is C12H16Cl3FN2O2S. The second-order valence-electron chi connectivity index (χ2n) is 4.87. The third-order valence-electron chi connectivity index (χ3n) is 3.38. The third-order valence-corrected chi connectivity index (χ3v) is 5.69. The van der Waals surface area contributed by atoms with Crippen molar-refractivity contribution in [1.82, 2.24) is 10.0 Å². The molecule has 0 radical (unpaired) electrons. The van der Waals surface area contributed by atoms with Crippen molar-refractivity contribution in [2.24, 2.45) is 5.92 Å². The summed E-state index contributed by atoms with van der Waals surface area (Å²) >= 11 is 11.3. The SMILES string of the molecule is CC1CNCCC1NS(=O)(=O)c1ccc(Cl)c(F)c1Cl.Cl. The molecule has 2 N–H and O–H groups in total. The van der Waals surface area contributed by atoms with E-state index in [1.807, 2.05) is 6.92 Å². The Morgan fingerprint density at radius 2 is 2.05 bits per heavy atom. The summed E-state index contributed by atoms with van der Waals surface area (Å²) in [4.78, 5) is -0.285. The summed E-state index contributed by atoms with van der Waals surface area (Å²) in [5.74, 6) is -0.774. The zero-order chi connectivity index (χ0) is 14.9. The topological polar surface area (TPSA) is 58.2 Å². The van der Waals surface area contributed by atoms with Crippen molar-refractivity contribution < 1.29 is 12.8 Å². The molecule has 0 aromatic heterocycles. The van der Waals surface area contributed by atoms with E-state index in [1.54, 1.807) is 0 Å². The Morgan fingerprint density at radius 1 is 1.38 bits per heavy atom. The van der Waals surface area contributed by atoms with E-state index in [4.69, 9.17) is 23.2 Å². The van der Waals surface area contributed by atoms with Gasteiger partial charge in [0.05, 0.1) is 10.0 Å². The zero-order valence-electron chi connectivity index (χ0n) is 11.2. The molecule has 0 amide bonds. The van der Waals surface area contributed by atoms with Crippen LogP contribution in [0.1, 0.15) is 13.3 Å². The molecule has 1 aromatic carbocycles. The van der Waals surface area contributed by atoms with Gasteiger partial charge in [-0.15, -0.1) is 12.4 Å². The Morgan fingerprint density at radius 3 is 2.67 bits per heavy atom. The van der Waals surface area contributed by atoms with Crippen LogP contribution in [0.5, 0.6) is 0 Å². The quantitative estimate of drug-likeness (QED) is 0.796. The molecule has 2 unspecified atom stereocenters. The van der Waals surface area contributed by atoms with E-state index in [1.165, 1.54) is 12.1 Å². The maximum atomic E-state index is 13.6. The van der Waals surface area contributed by atoms with Crippen molar-refractivity contribution in [1.29, 1.82) is 0 Å². The molecule has 0 aliphatic carbocycles. The number of benzene rings is 1. The van der Waals surface area contributed by atoms with Crippen LogP contribution in [-0.2, 0) is 10.0 Å². The second kappa shape index (κ2) is 7.44. The van der Waals surface area contributed by atoms with Crippen LogP contribution in [0, 0.1) is 11.7 Å². The molecule has 1 aliphatic heterocycles. The monoisotopic (exact) mass is 376 g/mol. The number of hydrogen-bond donors (Lipinski definition) is 2. The summed E-state index contributed by atoms with van der Waals surface area (Å²) in [5.41, 5.74) is 0. The molecule has 21 heavy (non-hydrogen) atoms. The highest BCUT2D eigenvalue weighted by atomic mass is 35.5. The van der Waals surface area contributed by atoms with E-state index < -0.39 is 20.9 Å². The molecule has 0 saturated carbocycles. The van der Waals surface area contributed by atoms with Crippen molar-refractivity contribution in [3.63, 3.8) is 0 Å². The van der Waals surface area contributed by atoms with Gasteiger partial charge in [-0.25, -0.2) is 17.5 Å². The van der Waals surface area contributed by atoms with Crippen LogP contribution in [0.25, 0.3) is 0 Å². The maximum Gasteiger partial charge on any atom is 0.242 e. The van der Waals surface area contributed by atoms with Crippen LogP contribution in [0.15, 0.2) is 17.0 Å². The molecule has 4 nitrogen and oxygen atoms in total. The van der Waals surface area contributed by atoms with Gasteiger partial charge in [-0.05, 0) is 37.6 Å². The van der Waals surface area contributed by atoms with Gasteiger partial charge < -0.3 is 5.32 Å². The van der Waals surface area contributed by atoms with Gasteiger partial charge in [-0.1, -0.05) is 30.1 Å². The van der Waals surface area contributed by atoms with Crippen molar-refractivity contribution in [2.45, 2.75) is 24.3 Å². The first kappa shape index (κ1) is 18.9. The summed E-state index contributed by atoms with van der Waals surface area (Å²) in [6.07, 6.45) is 0.675. The minimum absolute atomic E-state index is 0. The first-order chi connectivity index (χ1) is 9.33. The lowest BCUT2D eigenvalue weighted by Gasteiger charge is -2.30. The van der Waals surface area contributed by atoms with E-state index in [0.717, 1.165) is 13.1 Å². The van der Waals surface area contributed by atoms with Gasteiger partial charge in [0, 0.05) is 6.04 Å². The minimum Gasteiger partial charge on any atom is -0.316 e. The molecular weight excluding hydrogens is 362 g/mol. The third kappa shape index (κ3) is 4.21. The Bertz CT molecular complexity index is 613. The fourth-order valence-corrected chi connectivity index (χ4v) is 4.29. The Balaban J connectivity index is 0.00000220. The molecule has 120 valence electrons. The minimum atomic E-state index is -3.87. The lowest BCUT2D eigenvalue weighted by atomic mass is 9.97. The van der Waals surface area contributed by atoms with Gasteiger partial charge in [0.25, 0.3) is 0 Å². The number of rotatable bonds is 3. The van der Waals surface area contributed by atoms with Crippen LogP contribution in [0.2, 0.25) is 10.0 Å². The molecule has 1 fully saturated rings. The van der Waals surface area contributed by atoms with Crippen LogP contribution in [-0.4, -0.2) is 27.5 Å². The summed E-state index contributed by atoms with van der Waals surface area (Å²) in [7, 11) is -3.87. The summed E-state index contributed by atoms with van der Waals surface area (Å²) in [5, 5.41) is 2.50. The fourth-order valence-electron chi connectivity index (χ4n) is 2.17. The molecule has 1 aliphatic rings. The average molecular weight is 378 g/mol. The van der Waals surface area contributed by atoms with E-state index in [-0.39, 0.29) is 34.3 Å². The van der Waals surface area contributed by atoms with E-state index >= 15 is 0 Å². The molecule has 9 heteroatoms. The van der Waals surface area contributed by atoms with E-state index in [0.29, 0.717) is 6.42 Å². The number of sulfonamides is 1. The molecule has 0 spiro atoms. The zero-order valence-corrected chi connectivity index (χ0v) is 14.3. The van der Waals surface area contributed by atoms with Crippen molar-refractivity contribution in [3.05, 3.63) is 28.0 Å². The summed E-state index contributed by atoms with van der Waals surface area (Å²) in [6, 6.07) is 2.20. The highest BCUT2D eigenvalue weighted by molar-refractivity contribution is 7.89. The first-order valence-electron chi connectivity index (χ1n) is 6.19. The van der Waals surface area contributed by atoms with Crippen molar-refractivity contribution in [2.75, 3.05) is 13.1 Å². The smallest absolute Gasteiger partial charge is 0.242 e. The standard InChI is InChI=1S/C12H15Cl2FN2O2S.ClH/c1-7-6-16-5-4-9(7)17-20(18,19)10-3-2-8(13)12(15)11(10)14;/h2-3,7,9,16-17H,4-6H2,1H3;1H. The van der Waals surface area contributed by atoms with E-state index in [2.05, 4.69) is 10.0 Å². The molecule has 2 atom stereocenters. The van der Waals surface area contributed by atoms with Crippen LogP contribution in [0.4, 0.5) is 4.39 Å². The number of nitrogens with one attached hydrogen (secondary N) is 2. The van der Waals surface area contributed by atoms with E-state index in [9.17, 15) is 12.8 Å². The predicted octanol–water partition coefficient (Wildman–Crippen LogP) is 2.83. The molecule has 0 bridgehead atoms. The van der Waals surface area contributed by atoms with Crippen LogP contribution in [0.3, 0.4) is 0 Å². The summed E-state index contributed by atoms with van der Waals surface area (Å²) < 4.78 is 40.8. The van der Waals surface area contributed by atoms with Gasteiger partial charge in [0.15, 0.2) is 5.82 Å². The van der Waals surface area contributed by atoms with Crippen molar-refractivity contribution in [3.8, 4) is 0 Å². The Kier molecular flexibility index (Phi) is 6.71. The van der Waals surface area contributed by atoms with Gasteiger partial charge >= 0.3 is 0 Å². The van der Waals surface area contributed by atoms with Gasteiger partial charge in [-0.3, -0.25) is 0 Å². The molecule has 1 saturated heterocycles. The first-order valence-corrected chi connectivity index (χ1v) is 8.43. The van der Waals surface area contributed by atoms with Gasteiger partial charge in [-0.2, -0.15) is 0 Å². The lowest BCUT2D eigenvalue weighted by Crippen LogP contribution is -2.48. The van der Waals surface area contributed by atoms with Crippen LogP contribution >= 0.6 is 35.6 Å². The largest absolute Gasteiger partial charge is 0.316 e. The average Bonchev–Trinajstić information content (AvgIpc) is 2.38. The molecule has 1 heterocycles. The predicted molar refractivity (Wildman–Crippen MR) is 84.4 cm³/mol. The highest BCUT2D eigenvalue weighted by Gasteiger charge is 2.29. The number of halogens is 4. The second-order valence-corrected chi connectivity index (χ2v) is 7.34. The Hall–Kier alpha value is -0.110. The fraction of sp³-hybridized carbons (Fsp3) is 0.500. The number of piperidine rings is 1. The normalized spacial score (nSPS) is 22.7. The lowest BCUT2D eigenvalue weighted by molar-refractivity contribution is 0.328. The van der Waals surface area contributed by atoms with Crippen LogP contribution < -0.4 is 10.0 Å². The van der Waals surface area contributed by atoms with Crippen molar-refractivity contribution >= 4 is 45.6 Å². The number of hydrogen-bond acceptors (Lipinski definition) is 3. The van der Waals surface area contributed by atoms with Gasteiger partial charge in [0.1, 0.15) is 4.90 Å². The Labute approximate surface area is 139 Å². The highest BCUT2D eigenvalue weighted by Crippen LogP contribution is 2.30. The molecule has 1 aromatic rings. The molecule has 2 rings (SSSR count). The maximum absolute atomic E-state index is 13.6. The van der Waals surface area contributed by atoms with Gasteiger partial charge in [0.2, 0.25) is 10.0 Å².